The summed E-state index contributed by atoms with van der Waals surface area (Å²) in [4.78, 5) is 39.4. The summed E-state index contributed by atoms with van der Waals surface area (Å²) >= 11 is 4.74. The van der Waals surface area contributed by atoms with Crippen LogP contribution in [0.25, 0.3) is 6.08 Å². The van der Waals surface area contributed by atoms with Gasteiger partial charge in [-0.1, -0.05) is 58.4 Å². The lowest BCUT2D eigenvalue weighted by Crippen LogP contribution is -2.30. The molecule has 3 amide bonds. The summed E-state index contributed by atoms with van der Waals surface area (Å²) in [7, 11) is 1.57. The Labute approximate surface area is 245 Å². The van der Waals surface area contributed by atoms with E-state index in [9.17, 15) is 14.4 Å². The Hall–Kier alpha value is -4.34. The number of thioether (sulfide) groups is 1. The van der Waals surface area contributed by atoms with E-state index >= 15 is 0 Å². The van der Waals surface area contributed by atoms with Crippen molar-refractivity contribution in [3.63, 3.8) is 0 Å². The van der Waals surface area contributed by atoms with E-state index in [1.165, 1.54) is 11.8 Å². The van der Waals surface area contributed by atoms with Crippen LogP contribution in [0.15, 0.2) is 118 Å². The molecule has 0 aromatic heterocycles. The maximum atomic E-state index is 13.3. The van der Waals surface area contributed by atoms with Crippen LogP contribution >= 0.6 is 27.7 Å². The molecule has 0 radical (unpaired) electrons. The number of carbonyl (C=O) groups excluding carboxylic acids is 3. The quantitative estimate of drug-likeness (QED) is 0.138. The van der Waals surface area contributed by atoms with Gasteiger partial charge in [-0.05, 0) is 66.2 Å². The smallest absolute Gasteiger partial charge is 0.272 e. The normalized spacial score (nSPS) is 10.9. The number of amides is 3. The van der Waals surface area contributed by atoms with Crippen LogP contribution in [0, 0.1) is 0 Å². The van der Waals surface area contributed by atoms with Gasteiger partial charge in [0.25, 0.3) is 11.8 Å². The zero-order chi connectivity index (χ0) is 28.3. The number of methoxy groups -OCH3 is 1. The molecule has 0 bridgehead atoms. The van der Waals surface area contributed by atoms with E-state index in [0.717, 1.165) is 14.9 Å². The SMILES string of the molecule is COc1cccc(NC(=O)CSc2cccc(NC(=O)/C(=C/c3ccc(Br)cc3)NC(=O)c3ccccc3)c2)c1. The van der Waals surface area contributed by atoms with E-state index in [0.29, 0.717) is 22.7 Å². The van der Waals surface area contributed by atoms with Gasteiger partial charge in [0.1, 0.15) is 11.4 Å². The average molecular weight is 617 g/mol. The predicted molar refractivity (Wildman–Crippen MR) is 163 cm³/mol. The Morgan fingerprint density at radius 2 is 1.52 bits per heavy atom. The number of halogens is 1. The van der Waals surface area contributed by atoms with Crippen molar-refractivity contribution in [3.05, 3.63) is 124 Å². The molecule has 0 heterocycles. The van der Waals surface area contributed by atoms with Gasteiger partial charge in [0.2, 0.25) is 5.91 Å². The molecule has 0 saturated heterocycles. The highest BCUT2D eigenvalue weighted by Crippen LogP contribution is 2.23. The van der Waals surface area contributed by atoms with Gasteiger partial charge in [0, 0.05) is 32.4 Å². The third-order valence-corrected chi connectivity index (χ3v) is 7.05. The summed E-state index contributed by atoms with van der Waals surface area (Å²) in [6.07, 6.45) is 1.62. The molecule has 0 aliphatic heterocycles. The van der Waals surface area contributed by atoms with Crippen molar-refractivity contribution in [2.45, 2.75) is 4.90 Å². The number of hydrogen-bond acceptors (Lipinski definition) is 5. The predicted octanol–water partition coefficient (Wildman–Crippen LogP) is 6.60. The van der Waals surface area contributed by atoms with Gasteiger partial charge in [0.05, 0.1) is 12.9 Å². The summed E-state index contributed by atoms with van der Waals surface area (Å²) in [6.45, 7) is 0. The number of rotatable bonds is 10. The molecule has 9 heteroatoms. The summed E-state index contributed by atoms with van der Waals surface area (Å²) in [5.41, 5.74) is 2.44. The number of carbonyl (C=O) groups is 3. The van der Waals surface area contributed by atoms with E-state index in [1.54, 1.807) is 79.9 Å². The van der Waals surface area contributed by atoms with Crippen molar-refractivity contribution in [2.24, 2.45) is 0 Å². The van der Waals surface area contributed by atoms with E-state index in [1.807, 2.05) is 36.4 Å². The fourth-order valence-corrected chi connectivity index (χ4v) is 4.60. The van der Waals surface area contributed by atoms with E-state index < -0.39 is 11.8 Å². The van der Waals surface area contributed by atoms with Gasteiger partial charge in [-0.2, -0.15) is 0 Å². The molecule has 4 rings (SSSR count). The molecule has 0 atom stereocenters. The van der Waals surface area contributed by atoms with Gasteiger partial charge >= 0.3 is 0 Å². The third kappa shape index (κ3) is 8.59. The lowest BCUT2D eigenvalue weighted by Gasteiger charge is -2.12. The highest BCUT2D eigenvalue weighted by molar-refractivity contribution is 9.10. The standard InChI is InChI=1S/C31H26BrN3O4S/c1-39-26-11-5-9-24(18-26)33-29(36)20-40-27-12-6-10-25(19-27)34-31(38)28(17-21-13-15-23(32)16-14-21)35-30(37)22-7-3-2-4-8-22/h2-19H,20H2,1H3,(H,33,36)(H,34,38)(H,35,37)/b28-17-. The lowest BCUT2D eigenvalue weighted by molar-refractivity contribution is -0.114. The van der Waals surface area contributed by atoms with Crippen molar-refractivity contribution < 1.29 is 19.1 Å². The molecule has 4 aromatic carbocycles. The van der Waals surface area contributed by atoms with Crippen LogP contribution in [0.5, 0.6) is 5.75 Å². The minimum absolute atomic E-state index is 0.0897. The molecule has 7 nitrogen and oxygen atoms in total. The topological polar surface area (TPSA) is 96.5 Å². The van der Waals surface area contributed by atoms with Gasteiger partial charge in [-0.15, -0.1) is 11.8 Å². The molecular weight excluding hydrogens is 590 g/mol. The van der Waals surface area contributed by atoms with Crippen LogP contribution < -0.4 is 20.7 Å². The first-order valence-electron chi connectivity index (χ1n) is 12.2. The molecule has 0 aliphatic carbocycles. The van der Waals surface area contributed by atoms with Crippen molar-refractivity contribution in [1.29, 1.82) is 0 Å². The second kappa shape index (κ2) is 14.2. The van der Waals surface area contributed by atoms with E-state index in [-0.39, 0.29) is 17.4 Å². The van der Waals surface area contributed by atoms with Crippen molar-refractivity contribution in [2.75, 3.05) is 23.5 Å². The Kier molecular flexibility index (Phi) is 10.1. The molecule has 3 N–H and O–H groups in total. The molecule has 40 heavy (non-hydrogen) atoms. The van der Waals surface area contributed by atoms with Gasteiger partial charge < -0.3 is 20.7 Å². The first-order chi connectivity index (χ1) is 19.4. The van der Waals surface area contributed by atoms with E-state index in [2.05, 4.69) is 31.9 Å². The minimum atomic E-state index is -0.481. The number of ether oxygens (including phenoxy) is 1. The third-order valence-electron chi connectivity index (χ3n) is 5.53. The second-order valence-corrected chi connectivity index (χ2v) is 10.4. The van der Waals surface area contributed by atoms with Crippen LogP contribution in [-0.4, -0.2) is 30.6 Å². The van der Waals surface area contributed by atoms with Crippen LogP contribution in [-0.2, 0) is 9.59 Å². The first kappa shape index (κ1) is 28.7. The number of hydrogen-bond donors (Lipinski definition) is 3. The van der Waals surface area contributed by atoms with Gasteiger partial charge in [-0.3, -0.25) is 14.4 Å². The highest BCUT2D eigenvalue weighted by atomic mass is 79.9. The van der Waals surface area contributed by atoms with Crippen molar-refractivity contribution >= 4 is 62.9 Å². The summed E-state index contributed by atoms with van der Waals surface area (Å²) in [6, 6.07) is 30.4. The van der Waals surface area contributed by atoms with Gasteiger partial charge in [0.15, 0.2) is 0 Å². The molecule has 0 saturated carbocycles. The number of anilines is 2. The molecule has 0 aliphatic rings. The Balaban J connectivity index is 1.43. The molecule has 202 valence electrons. The first-order valence-corrected chi connectivity index (χ1v) is 14.0. The number of nitrogens with one attached hydrogen (secondary N) is 3. The lowest BCUT2D eigenvalue weighted by atomic mass is 10.1. The minimum Gasteiger partial charge on any atom is -0.497 e. The zero-order valence-electron chi connectivity index (χ0n) is 21.5. The fourth-order valence-electron chi connectivity index (χ4n) is 3.58. The molecule has 0 spiro atoms. The Morgan fingerprint density at radius 1 is 0.825 bits per heavy atom. The maximum absolute atomic E-state index is 13.3. The maximum Gasteiger partial charge on any atom is 0.272 e. The van der Waals surface area contributed by atoms with Crippen LogP contribution in [0.1, 0.15) is 15.9 Å². The summed E-state index contributed by atoms with van der Waals surface area (Å²) in [5.74, 6) is -0.217. The second-order valence-electron chi connectivity index (χ2n) is 8.48. The molecule has 0 fully saturated rings. The zero-order valence-corrected chi connectivity index (χ0v) is 23.9. The van der Waals surface area contributed by atoms with Crippen molar-refractivity contribution in [3.8, 4) is 5.75 Å². The summed E-state index contributed by atoms with van der Waals surface area (Å²) in [5, 5.41) is 8.43. The Bertz CT molecular complexity index is 1530. The monoisotopic (exact) mass is 615 g/mol. The summed E-state index contributed by atoms with van der Waals surface area (Å²) < 4.78 is 6.09. The molecular formula is C31H26BrN3O4S. The van der Waals surface area contributed by atoms with Crippen molar-refractivity contribution in [1.82, 2.24) is 5.32 Å². The Morgan fingerprint density at radius 3 is 2.25 bits per heavy atom. The molecule has 0 unspecified atom stereocenters. The van der Waals surface area contributed by atoms with Gasteiger partial charge in [-0.25, -0.2) is 0 Å². The fraction of sp³-hybridized carbons (Fsp3) is 0.0645. The number of benzene rings is 4. The van der Waals surface area contributed by atoms with Crippen LogP contribution in [0.3, 0.4) is 0 Å². The van der Waals surface area contributed by atoms with E-state index in [4.69, 9.17) is 4.74 Å². The van der Waals surface area contributed by atoms with Crippen LogP contribution in [0.2, 0.25) is 0 Å². The molecule has 4 aromatic rings. The average Bonchev–Trinajstić information content (AvgIpc) is 2.97. The van der Waals surface area contributed by atoms with Crippen LogP contribution in [0.4, 0.5) is 11.4 Å². The highest BCUT2D eigenvalue weighted by Gasteiger charge is 2.15. The largest absolute Gasteiger partial charge is 0.497 e.